The molecule has 0 spiro atoms. The average Bonchev–Trinajstić information content (AvgIpc) is 3.52. The molecule has 5 aromatic rings. The summed E-state index contributed by atoms with van der Waals surface area (Å²) >= 11 is 1.52. The summed E-state index contributed by atoms with van der Waals surface area (Å²) < 4.78 is 11.5. The molecule has 46 heavy (non-hydrogen) atoms. The highest BCUT2D eigenvalue weighted by molar-refractivity contribution is 7.14. The maximum atomic E-state index is 12.7. The monoisotopic (exact) mass is 633 g/mol. The van der Waals surface area contributed by atoms with Crippen LogP contribution in [0.3, 0.4) is 0 Å². The van der Waals surface area contributed by atoms with Crippen molar-refractivity contribution in [2.24, 2.45) is 5.10 Å². The molecule has 9 nitrogen and oxygen atoms in total. The number of benzene rings is 4. The first-order valence-corrected chi connectivity index (χ1v) is 15.6. The van der Waals surface area contributed by atoms with Gasteiger partial charge in [-0.25, -0.2) is 10.4 Å². The first-order chi connectivity index (χ1) is 22.3. The van der Waals surface area contributed by atoms with E-state index < -0.39 is 0 Å². The molecule has 1 aromatic heterocycles. The molecular formula is C36H35N5O4S. The number of aromatic nitrogens is 1. The van der Waals surface area contributed by atoms with E-state index in [2.05, 4.69) is 33.1 Å². The number of hydrazone groups is 1. The van der Waals surface area contributed by atoms with Crippen LogP contribution in [0.15, 0.2) is 95.4 Å². The number of rotatable bonds is 12. The second-order valence-corrected chi connectivity index (χ2v) is 11.5. The first-order valence-electron chi connectivity index (χ1n) is 14.8. The molecule has 234 valence electrons. The molecule has 10 heteroatoms. The van der Waals surface area contributed by atoms with Gasteiger partial charge in [-0.15, -0.1) is 11.3 Å². The minimum absolute atomic E-state index is 0.177. The third-order valence-corrected chi connectivity index (χ3v) is 7.67. The van der Waals surface area contributed by atoms with Crippen LogP contribution in [0.2, 0.25) is 0 Å². The Morgan fingerprint density at radius 1 is 0.870 bits per heavy atom. The van der Waals surface area contributed by atoms with E-state index in [-0.39, 0.29) is 18.4 Å². The van der Waals surface area contributed by atoms with Crippen molar-refractivity contribution in [2.75, 3.05) is 23.8 Å². The van der Waals surface area contributed by atoms with Crippen molar-refractivity contribution in [3.63, 3.8) is 0 Å². The lowest BCUT2D eigenvalue weighted by Crippen LogP contribution is -2.21. The molecule has 0 saturated heterocycles. The lowest BCUT2D eigenvalue weighted by atomic mass is 10.1. The largest absolute Gasteiger partial charge is 0.490 e. The standard InChI is InChI=1S/C36H35N5O4S/c1-5-44-33-19-26(9-17-32(33)45-21-34(42)39-30-16-8-24(3)18-25(30)4)20-37-41-35(43)28-12-10-27(11-13-28)31-22-46-36(40-31)38-29-14-6-23(2)7-15-29/h6-20,22H,5,21H2,1-4H3,(H,38,40)(H,39,42)(H,41,43)/b37-20+. The second-order valence-electron chi connectivity index (χ2n) is 10.6. The van der Waals surface area contributed by atoms with Crippen molar-refractivity contribution in [1.82, 2.24) is 10.4 Å². The van der Waals surface area contributed by atoms with Crippen molar-refractivity contribution >= 4 is 45.9 Å². The van der Waals surface area contributed by atoms with Crippen LogP contribution in [0.4, 0.5) is 16.5 Å². The highest BCUT2D eigenvalue weighted by Gasteiger charge is 2.11. The van der Waals surface area contributed by atoms with E-state index in [0.717, 1.165) is 38.9 Å². The Hall–Kier alpha value is -5.48. The van der Waals surface area contributed by atoms with Gasteiger partial charge in [0.2, 0.25) is 0 Å². The van der Waals surface area contributed by atoms with Crippen LogP contribution in [-0.2, 0) is 4.79 Å². The topological polar surface area (TPSA) is 114 Å². The zero-order chi connectivity index (χ0) is 32.5. The minimum atomic E-state index is -0.345. The quantitative estimate of drug-likeness (QED) is 0.0960. The number of amides is 2. The summed E-state index contributed by atoms with van der Waals surface area (Å²) in [5.74, 6) is 0.272. The summed E-state index contributed by atoms with van der Waals surface area (Å²) in [4.78, 5) is 29.9. The predicted octanol–water partition coefficient (Wildman–Crippen LogP) is 7.66. The molecule has 0 bridgehead atoms. The van der Waals surface area contributed by atoms with E-state index in [0.29, 0.717) is 29.2 Å². The summed E-state index contributed by atoms with van der Waals surface area (Å²) in [6.45, 7) is 8.09. The average molecular weight is 634 g/mol. The lowest BCUT2D eigenvalue weighted by molar-refractivity contribution is -0.118. The number of aryl methyl sites for hydroxylation is 3. The van der Waals surface area contributed by atoms with Crippen molar-refractivity contribution in [2.45, 2.75) is 27.7 Å². The van der Waals surface area contributed by atoms with Crippen LogP contribution in [0.5, 0.6) is 11.5 Å². The molecule has 1 heterocycles. The van der Waals surface area contributed by atoms with E-state index in [1.807, 2.05) is 80.7 Å². The number of anilines is 3. The Kier molecular flexibility index (Phi) is 10.4. The third-order valence-electron chi connectivity index (χ3n) is 6.91. The van der Waals surface area contributed by atoms with Gasteiger partial charge in [0.25, 0.3) is 11.8 Å². The van der Waals surface area contributed by atoms with Gasteiger partial charge in [-0.2, -0.15) is 5.10 Å². The summed E-state index contributed by atoms with van der Waals surface area (Å²) in [6.07, 6.45) is 1.52. The van der Waals surface area contributed by atoms with Crippen LogP contribution in [-0.4, -0.2) is 36.2 Å². The fourth-order valence-electron chi connectivity index (χ4n) is 4.52. The zero-order valence-electron chi connectivity index (χ0n) is 26.1. The van der Waals surface area contributed by atoms with Crippen LogP contribution < -0.4 is 25.5 Å². The summed E-state index contributed by atoms with van der Waals surface area (Å²) in [6, 6.07) is 26.4. The highest BCUT2D eigenvalue weighted by Crippen LogP contribution is 2.29. The van der Waals surface area contributed by atoms with Crippen LogP contribution in [0.1, 0.15) is 39.5 Å². The van der Waals surface area contributed by atoms with E-state index in [1.165, 1.54) is 23.1 Å². The number of nitrogens with one attached hydrogen (secondary N) is 3. The summed E-state index contributed by atoms with van der Waals surface area (Å²) in [5, 5.41) is 13.1. The zero-order valence-corrected chi connectivity index (χ0v) is 26.9. The highest BCUT2D eigenvalue weighted by atomic mass is 32.1. The van der Waals surface area contributed by atoms with Crippen LogP contribution in [0.25, 0.3) is 11.3 Å². The molecule has 0 radical (unpaired) electrons. The summed E-state index contributed by atoms with van der Waals surface area (Å²) in [7, 11) is 0. The number of ether oxygens (including phenoxy) is 2. The molecule has 0 aliphatic rings. The lowest BCUT2D eigenvalue weighted by Gasteiger charge is -2.13. The molecule has 0 aliphatic heterocycles. The number of nitrogens with zero attached hydrogens (tertiary/aromatic N) is 2. The molecule has 0 fully saturated rings. The molecular weight excluding hydrogens is 598 g/mol. The number of carbonyl (C=O) groups is 2. The molecule has 5 rings (SSSR count). The van der Waals surface area contributed by atoms with Crippen LogP contribution in [0, 0.1) is 20.8 Å². The maximum Gasteiger partial charge on any atom is 0.271 e. The van der Waals surface area contributed by atoms with Gasteiger partial charge in [-0.1, -0.05) is 47.5 Å². The molecule has 0 aliphatic carbocycles. The molecule has 0 saturated carbocycles. The molecule has 0 unspecified atom stereocenters. The number of hydrogen-bond acceptors (Lipinski definition) is 8. The Balaban J connectivity index is 1.14. The number of thiazole rings is 1. The van der Waals surface area contributed by atoms with E-state index >= 15 is 0 Å². The Bertz CT molecular complexity index is 1850. The van der Waals surface area contributed by atoms with E-state index in [9.17, 15) is 9.59 Å². The Morgan fingerprint density at radius 2 is 1.63 bits per heavy atom. The fourth-order valence-corrected chi connectivity index (χ4v) is 5.26. The Labute approximate surface area is 272 Å². The first kappa shape index (κ1) is 31.9. The molecule has 0 atom stereocenters. The molecule has 2 amide bonds. The van der Waals surface area contributed by atoms with Gasteiger partial charge in [0, 0.05) is 27.9 Å². The third kappa shape index (κ3) is 8.58. The van der Waals surface area contributed by atoms with Crippen molar-refractivity contribution in [1.29, 1.82) is 0 Å². The van der Waals surface area contributed by atoms with Gasteiger partial charge in [-0.3, -0.25) is 9.59 Å². The van der Waals surface area contributed by atoms with Gasteiger partial charge in [0.1, 0.15) is 0 Å². The van der Waals surface area contributed by atoms with Crippen molar-refractivity contribution in [3.8, 4) is 22.8 Å². The van der Waals surface area contributed by atoms with Gasteiger partial charge < -0.3 is 20.1 Å². The predicted molar refractivity (Wildman–Crippen MR) is 185 cm³/mol. The van der Waals surface area contributed by atoms with Gasteiger partial charge in [-0.05, 0) is 87.4 Å². The van der Waals surface area contributed by atoms with Gasteiger partial charge in [0.15, 0.2) is 23.2 Å². The minimum Gasteiger partial charge on any atom is -0.490 e. The Morgan fingerprint density at radius 3 is 2.37 bits per heavy atom. The SMILES string of the molecule is CCOc1cc(/C=N/NC(=O)c2ccc(-c3csc(Nc4ccc(C)cc4)n3)cc2)ccc1OCC(=O)Nc1ccc(C)cc1C. The van der Waals surface area contributed by atoms with Gasteiger partial charge >= 0.3 is 0 Å². The number of hydrogen-bond donors (Lipinski definition) is 3. The molecule has 4 aromatic carbocycles. The smallest absolute Gasteiger partial charge is 0.271 e. The second kappa shape index (κ2) is 15.0. The normalized spacial score (nSPS) is 10.9. The summed E-state index contributed by atoms with van der Waals surface area (Å²) in [5.41, 5.74) is 10.5. The van der Waals surface area contributed by atoms with E-state index in [4.69, 9.17) is 9.47 Å². The van der Waals surface area contributed by atoms with Crippen molar-refractivity contribution in [3.05, 3.63) is 118 Å². The number of carbonyl (C=O) groups excluding carboxylic acids is 2. The molecule has 3 N–H and O–H groups in total. The van der Waals surface area contributed by atoms with Crippen molar-refractivity contribution < 1.29 is 19.1 Å². The van der Waals surface area contributed by atoms with Gasteiger partial charge in [0.05, 0.1) is 18.5 Å². The fraction of sp³-hybridized carbons (Fsp3) is 0.167. The van der Waals surface area contributed by atoms with E-state index in [1.54, 1.807) is 30.3 Å². The maximum absolute atomic E-state index is 12.7. The van der Waals surface area contributed by atoms with Crippen LogP contribution >= 0.6 is 11.3 Å².